The van der Waals surface area contributed by atoms with Crippen molar-refractivity contribution in [3.8, 4) is 5.75 Å². The Kier molecular flexibility index (Phi) is 5.14. The molecular formula is C22H21NO2. The largest absolute Gasteiger partial charge is 0.489 e. The summed E-state index contributed by atoms with van der Waals surface area (Å²) in [5.74, 6) is 0.619. The van der Waals surface area contributed by atoms with Crippen LogP contribution in [0.15, 0.2) is 72.8 Å². The number of benzene rings is 3. The summed E-state index contributed by atoms with van der Waals surface area (Å²) in [5, 5.41) is 2.95. The average Bonchev–Trinajstić information content (AvgIpc) is 2.63. The zero-order chi connectivity index (χ0) is 17.6. The van der Waals surface area contributed by atoms with Crippen molar-refractivity contribution in [2.45, 2.75) is 20.5 Å². The predicted octanol–water partition coefficient (Wildman–Crippen LogP) is 5.13. The van der Waals surface area contributed by atoms with Gasteiger partial charge in [-0.05, 0) is 55.3 Å². The third kappa shape index (κ3) is 4.48. The molecule has 0 aromatic heterocycles. The lowest BCUT2D eigenvalue weighted by atomic mass is 10.1. The van der Waals surface area contributed by atoms with E-state index in [0.717, 1.165) is 22.6 Å². The molecule has 0 spiro atoms. The second kappa shape index (κ2) is 7.67. The topological polar surface area (TPSA) is 38.3 Å². The van der Waals surface area contributed by atoms with Crippen LogP contribution in [0.2, 0.25) is 0 Å². The lowest BCUT2D eigenvalue weighted by Gasteiger charge is -2.10. The first-order valence-electron chi connectivity index (χ1n) is 8.27. The number of ether oxygens (including phenoxy) is 1. The summed E-state index contributed by atoms with van der Waals surface area (Å²) in [7, 11) is 0. The maximum atomic E-state index is 12.4. The van der Waals surface area contributed by atoms with Crippen LogP contribution in [0.1, 0.15) is 27.0 Å². The first-order valence-corrected chi connectivity index (χ1v) is 8.27. The number of hydrogen-bond acceptors (Lipinski definition) is 2. The molecule has 0 atom stereocenters. The van der Waals surface area contributed by atoms with Crippen molar-refractivity contribution in [1.29, 1.82) is 0 Å². The third-order valence-electron chi connectivity index (χ3n) is 3.99. The SMILES string of the molecule is Cc1ccc(NC(=O)c2ccc(OCc3ccccc3)cc2)c(C)c1. The Morgan fingerprint density at radius 3 is 2.32 bits per heavy atom. The van der Waals surface area contributed by atoms with Gasteiger partial charge in [0, 0.05) is 11.3 Å². The van der Waals surface area contributed by atoms with E-state index in [-0.39, 0.29) is 5.91 Å². The van der Waals surface area contributed by atoms with Crippen LogP contribution in [0.3, 0.4) is 0 Å². The van der Waals surface area contributed by atoms with Gasteiger partial charge in [0.15, 0.2) is 0 Å². The summed E-state index contributed by atoms with van der Waals surface area (Å²) in [6, 6.07) is 23.2. The fourth-order valence-corrected chi connectivity index (χ4v) is 2.59. The van der Waals surface area contributed by atoms with Crippen LogP contribution in [0.4, 0.5) is 5.69 Å². The van der Waals surface area contributed by atoms with Gasteiger partial charge in [-0.1, -0.05) is 48.0 Å². The molecule has 126 valence electrons. The lowest BCUT2D eigenvalue weighted by Crippen LogP contribution is -2.12. The molecule has 3 aromatic carbocycles. The maximum Gasteiger partial charge on any atom is 0.255 e. The number of nitrogens with one attached hydrogen (secondary N) is 1. The molecule has 3 aromatic rings. The molecular weight excluding hydrogens is 310 g/mol. The minimum Gasteiger partial charge on any atom is -0.489 e. The summed E-state index contributed by atoms with van der Waals surface area (Å²) < 4.78 is 5.75. The average molecular weight is 331 g/mol. The Hall–Kier alpha value is -3.07. The first kappa shape index (κ1) is 16.8. The highest BCUT2D eigenvalue weighted by atomic mass is 16.5. The van der Waals surface area contributed by atoms with Crippen LogP contribution in [-0.2, 0) is 6.61 Å². The molecule has 3 rings (SSSR count). The second-order valence-electron chi connectivity index (χ2n) is 6.07. The molecule has 3 heteroatoms. The maximum absolute atomic E-state index is 12.4. The number of rotatable bonds is 5. The van der Waals surface area contributed by atoms with E-state index < -0.39 is 0 Å². The van der Waals surface area contributed by atoms with Crippen LogP contribution in [0, 0.1) is 13.8 Å². The molecule has 0 saturated heterocycles. The molecule has 3 nitrogen and oxygen atoms in total. The molecule has 0 heterocycles. The van der Waals surface area contributed by atoms with E-state index in [0.29, 0.717) is 12.2 Å². The van der Waals surface area contributed by atoms with Crippen molar-refractivity contribution in [2.75, 3.05) is 5.32 Å². The molecule has 1 amide bonds. The van der Waals surface area contributed by atoms with Gasteiger partial charge in [0.05, 0.1) is 0 Å². The minimum absolute atomic E-state index is 0.124. The van der Waals surface area contributed by atoms with E-state index >= 15 is 0 Å². The molecule has 0 fully saturated rings. The Bertz CT molecular complexity index is 855. The van der Waals surface area contributed by atoms with Crippen molar-refractivity contribution in [2.24, 2.45) is 0 Å². The molecule has 0 radical (unpaired) electrons. The second-order valence-corrected chi connectivity index (χ2v) is 6.07. The number of hydrogen-bond donors (Lipinski definition) is 1. The van der Waals surface area contributed by atoms with Gasteiger partial charge >= 0.3 is 0 Å². The van der Waals surface area contributed by atoms with Crippen molar-refractivity contribution in [3.05, 3.63) is 95.1 Å². The molecule has 0 bridgehead atoms. The van der Waals surface area contributed by atoms with Crippen LogP contribution in [0.5, 0.6) is 5.75 Å². The Labute approximate surface area is 148 Å². The summed E-state index contributed by atoms with van der Waals surface area (Å²) >= 11 is 0. The third-order valence-corrected chi connectivity index (χ3v) is 3.99. The van der Waals surface area contributed by atoms with Crippen molar-refractivity contribution in [1.82, 2.24) is 0 Å². The number of carbonyl (C=O) groups excluding carboxylic acids is 1. The number of carbonyl (C=O) groups is 1. The van der Waals surface area contributed by atoms with E-state index in [1.807, 2.05) is 68.4 Å². The summed E-state index contributed by atoms with van der Waals surface area (Å²) in [5.41, 5.74) is 4.78. The van der Waals surface area contributed by atoms with Gasteiger partial charge in [0.2, 0.25) is 0 Å². The highest BCUT2D eigenvalue weighted by Crippen LogP contribution is 2.19. The number of amides is 1. The van der Waals surface area contributed by atoms with Crippen LogP contribution in [0.25, 0.3) is 0 Å². The monoisotopic (exact) mass is 331 g/mol. The molecule has 0 unspecified atom stereocenters. The van der Waals surface area contributed by atoms with E-state index in [4.69, 9.17) is 4.74 Å². The number of aryl methyl sites for hydroxylation is 2. The van der Waals surface area contributed by atoms with E-state index in [9.17, 15) is 4.79 Å². The lowest BCUT2D eigenvalue weighted by molar-refractivity contribution is 0.102. The summed E-state index contributed by atoms with van der Waals surface area (Å²) in [6.45, 7) is 4.53. The van der Waals surface area contributed by atoms with Crippen LogP contribution in [-0.4, -0.2) is 5.91 Å². The van der Waals surface area contributed by atoms with E-state index in [2.05, 4.69) is 11.4 Å². The summed E-state index contributed by atoms with van der Waals surface area (Å²) in [6.07, 6.45) is 0. The predicted molar refractivity (Wildman–Crippen MR) is 101 cm³/mol. The van der Waals surface area contributed by atoms with Crippen molar-refractivity contribution < 1.29 is 9.53 Å². The van der Waals surface area contributed by atoms with Gasteiger partial charge in [0.1, 0.15) is 12.4 Å². The Morgan fingerprint density at radius 2 is 1.64 bits per heavy atom. The molecule has 0 saturated carbocycles. The van der Waals surface area contributed by atoms with E-state index in [1.54, 1.807) is 12.1 Å². The van der Waals surface area contributed by atoms with Crippen molar-refractivity contribution >= 4 is 11.6 Å². The highest BCUT2D eigenvalue weighted by molar-refractivity contribution is 6.04. The first-order chi connectivity index (χ1) is 12.1. The molecule has 0 aliphatic rings. The smallest absolute Gasteiger partial charge is 0.255 e. The molecule has 25 heavy (non-hydrogen) atoms. The normalized spacial score (nSPS) is 10.3. The standard InChI is InChI=1S/C22H21NO2/c1-16-8-13-21(17(2)14-16)23-22(24)19-9-11-20(12-10-19)25-15-18-6-4-3-5-7-18/h3-14H,15H2,1-2H3,(H,23,24). The number of anilines is 1. The Balaban J connectivity index is 1.62. The van der Waals surface area contributed by atoms with Gasteiger partial charge in [-0.15, -0.1) is 0 Å². The molecule has 1 N–H and O–H groups in total. The molecule has 0 aliphatic carbocycles. The quantitative estimate of drug-likeness (QED) is 0.703. The van der Waals surface area contributed by atoms with Crippen molar-refractivity contribution in [3.63, 3.8) is 0 Å². The Morgan fingerprint density at radius 1 is 0.920 bits per heavy atom. The van der Waals surface area contributed by atoms with Gasteiger partial charge < -0.3 is 10.1 Å². The minimum atomic E-state index is -0.124. The van der Waals surface area contributed by atoms with Crippen LogP contribution < -0.4 is 10.1 Å². The zero-order valence-corrected chi connectivity index (χ0v) is 14.5. The zero-order valence-electron chi connectivity index (χ0n) is 14.5. The van der Waals surface area contributed by atoms with Gasteiger partial charge in [-0.2, -0.15) is 0 Å². The van der Waals surface area contributed by atoms with Gasteiger partial charge in [-0.3, -0.25) is 4.79 Å². The fraction of sp³-hybridized carbons (Fsp3) is 0.136. The van der Waals surface area contributed by atoms with Crippen LogP contribution >= 0.6 is 0 Å². The van der Waals surface area contributed by atoms with Gasteiger partial charge in [-0.25, -0.2) is 0 Å². The van der Waals surface area contributed by atoms with Gasteiger partial charge in [0.25, 0.3) is 5.91 Å². The highest BCUT2D eigenvalue weighted by Gasteiger charge is 2.08. The fourth-order valence-electron chi connectivity index (χ4n) is 2.59. The summed E-state index contributed by atoms with van der Waals surface area (Å²) in [4.78, 5) is 12.4. The molecule has 0 aliphatic heterocycles. The van der Waals surface area contributed by atoms with E-state index in [1.165, 1.54) is 5.56 Å².